The van der Waals surface area contributed by atoms with Crippen molar-refractivity contribution >= 4 is 40.6 Å². The first-order valence-corrected chi connectivity index (χ1v) is 9.92. The van der Waals surface area contributed by atoms with Gasteiger partial charge < -0.3 is 9.88 Å². The van der Waals surface area contributed by atoms with Gasteiger partial charge in [-0.25, -0.2) is 4.79 Å². The molecule has 1 fully saturated rings. The molecule has 2 heterocycles. The van der Waals surface area contributed by atoms with Gasteiger partial charge in [-0.15, -0.1) is 0 Å². The largest absolute Gasteiger partial charge is 0.329 e. The van der Waals surface area contributed by atoms with Gasteiger partial charge >= 0.3 is 6.03 Å². The topological polar surface area (TPSA) is 54.3 Å². The zero-order valence-electron chi connectivity index (χ0n) is 15.2. The number of imide groups is 1. The molecule has 2 aromatic carbocycles. The molecule has 0 aliphatic carbocycles. The van der Waals surface area contributed by atoms with E-state index < -0.39 is 6.03 Å². The van der Waals surface area contributed by atoms with E-state index in [1.165, 1.54) is 4.90 Å². The van der Waals surface area contributed by atoms with Gasteiger partial charge in [-0.3, -0.25) is 9.69 Å². The highest BCUT2D eigenvalue weighted by molar-refractivity contribution is 14.1. The van der Waals surface area contributed by atoms with Crippen LogP contribution in [0.4, 0.5) is 4.79 Å². The minimum Gasteiger partial charge on any atom is -0.317 e. The second kappa shape index (κ2) is 7.63. The number of amides is 3. The maximum Gasteiger partial charge on any atom is 0.329 e. The monoisotopic (exact) mass is 483 g/mol. The Morgan fingerprint density at radius 1 is 1.00 bits per heavy atom. The number of nitrogens with zero attached hydrogens (tertiary/aromatic N) is 2. The molecule has 0 radical (unpaired) electrons. The second-order valence-electron chi connectivity index (χ2n) is 6.64. The number of halogens is 1. The summed E-state index contributed by atoms with van der Waals surface area (Å²) >= 11 is 2.26. The van der Waals surface area contributed by atoms with Gasteiger partial charge in [0, 0.05) is 21.1 Å². The molecule has 3 amide bonds. The van der Waals surface area contributed by atoms with Crippen molar-refractivity contribution in [3.05, 3.63) is 92.9 Å². The van der Waals surface area contributed by atoms with Crippen LogP contribution in [0.5, 0.6) is 0 Å². The third kappa shape index (κ3) is 3.73. The number of hydrogen-bond donors (Lipinski definition) is 1. The Balaban J connectivity index is 1.59. The van der Waals surface area contributed by atoms with E-state index in [0.717, 1.165) is 26.1 Å². The Hall–Kier alpha value is -2.87. The molecule has 0 unspecified atom stereocenters. The summed E-state index contributed by atoms with van der Waals surface area (Å²) in [6, 6.07) is 19.3. The van der Waals surface area contributed by atoms with Gasteiger partial charge in [0.2, 0.25) is 0 Å². The van der Waals surface area contributed by atoms with Crippen molar-refractivity contribution in [2.45, 2.75) is 13.5 Å². The first-order chi connectivity index (χ1) is 13.5. The summed E-state index contributed by atoms with van der Waals surface area (Å²) in [4.78, 5) is 26.3. The van der Waals surface area contributed by atoms with Gasteiger partial charge in [-0.1, -0.05) is 29.8 Å². The van der Waals surface area contributed by atoms with Crippen LogP contribution >= 0.6 is 22.6 Å². The molecular weight excluding hydrogens is 465 g/mol. The third-order valence-corrected chi connectivity index (χ3v) is 5.32. The van der Waals surface area contributed by atoms with E-state index in [9.17, 15) is 9.59 Å². The summed E-state index contributed by atoms with van der Waals surface area (Å²) in [6.45, 7) is 2.25. The zero-order chi connectivity index (χ0) is 19.7. The number of carbonyl (C=O) groups is 2. The molecule has 6 heteroatoms. The Morgan fingerprint density at radius 2 is 1.71 bits per heavy atom. The van der Waals surface area contributed by atoms with Gasteiger partial charge in [0.25, 0.3) is 5.91 Å². The van der Waals surface area contributed by atoms with Crippen molar-refractivity contribution in [3.8, 4) is 5.69 Å². The van der Waals surface area contributed by atoms with Crippen molar-refractivity contribution in [2.75, 3.05) is 0 Å². The number of carbonyl (C=O) groups excluding carboxylic acids is 2. The average molecular weight is 483 g/mol. The molecule has 0 atom stereocenters. The molecule has 1 saturated heterocycles. The highest BCUT2D eigenvalue weighted by Gasteiger charge is 2.33. The van der Waals surface area contributed by atoms with E-state index in [1.807, 2.05) is 78.4 Å². The zero-order valence-corrected chi connectivity index (χ0v) is 17.4. The van der Waals surface area contributed by atoms with E-state index in [0.29, 0.717) is 0 Å². The van der Waals surface area contributed by atoms with Crippen LogP contribution in [0.3, 0.4) is 0 Å². The molecule has 1 aliphatic rings. The Kier molecular flexibility index (Phi) is 5.04. The standard InChI is InChI=1S/C22H18IN3O2/c1-15-4-6-16(7-5-15)14-26-21(27)20(24-22(26)28)13-19-3-2-12-25(19)18-10-8-17(23)9-11-18/h2-13H,14H2,1H3,(H,24,28)/b20-13+. The predicted molar refractivity (Wildman–Crippen MR) is 117 cm³/mol. The van der Waals surface area contributed by atoms with Crippen LogP contribution in [0.2, 0.25) is 0 Å². The number of benzene rings is 2. The Morgan fingerprint density at radius 3 is 2.43 bits per heavy atom. The molecule has 5 nitrogen and oxygen atoms in total. The molecular formula is C22H18IN3O2. The van der Waals surface area contributed by atoms with Crippen molar-refractivity contribution in [2.24, 2.45) is 0 Å². The highest BCUT2D eigenvalue weighted by atomic mass is 127. The summed E-state index contributed by atoms with van der Waals surface area (Å²) in [5, 5.41) is 2.70. The van der Waals surface area contributed by atoms with Crippen LogP contribution in [-0.4, -0.2) is 21.4 Å². The lowest BCUT2D eigenvalue weighted by Crippen LogP contribution is -2.30. The van der Waals surface area contributed by atoms with E-state index in [1.54, 1.807) is 6.08 Å². The number of aromatic nitrogens is 1. The maximum absolute atomic E-state index is 12.8. The summed E-state index contributed by atoms with van der Waals surface area (Å²) in [7, 11) is 0. The molecule has 0 saturated carbocycles. The first kappa shape index (κ1) is 18.5. The molecule has 28 heavy (non-hydrogen) atoms. The molecule has 140 valence electrons. The predicted octanol–water partition coefficient (Wildman–Crippen LogP) is 4.48. The van der Waals surface area contributed by atoms with Gasteiger partial charge in [-0.2, -0.15) is 0 Å². The van der Waals surface area contributed by atoms with E-state index in [-0.39, 0.29) is 18.1 Å². The number of urea groups is 1. The molecule has 4 rings (SSSR count). The number of rotatable bonds is 4. The van der Waals surface area contributed by atoms with Crippen LogP contribution in [0.25, 0.3) is 11.8 Å². The highest BCUT2D eigenvalue weighted by Crippen LogP contribution is 2.20. The Bertz CT molecular complexity index is 1070. The molecule has 3 aromatic rings. The van der Waals surface area contributed by atoms with Gasteiger partial charge in [0.05, 0.1) is 6.54 Å². The minimum atomic E-state index is -0.399. The van der Waals surface area contributed by atoms with Gasteiger partial charge in [-0.05, 0) is 77.6 Å². The van der Waals surface area contributed by atoms with Crippen LogP contribution in [-0.2, 0) is 11.3 Å². The summed E-state index contributed by atoms with van der Waals surface area (Å²) < 4.78 is 3.13. The first-order valence-electron chi connectivity index (χ1n) is 8.85. The quantitative estimate of drug-likeness (QED) is 0.338. The smallest absolute Gasteiger partial charge is 0.317 e. The summed E-state index contributed by atoms with van der Waals surface area (Å²) in [6.07, 6.45) is 3.65. The van der Waals surface area contributed by atoms with Crippen molar-refractivity contribution in [3.63, 3.8) is 0 Å². The third-order valence-electron chi connectivity index (χ3n) is 4.60. The lowest BCUT2D eigenvalue weighted by molar-refractivity contribution is -0.123. The van der Waals surface area contributed by atoms with Crippen molar-refractivity contribution in [1.29, 1.82) is 0 Å². The molecule has 1 aromatic heterocycles. The minimum absolute atomic E-state index is 0.250. The number of aryl methyl sites for hydroxylation is 1. The molecule has 1 N–H and O–H groups in total. The summed E-state index contributed by atoms with van der Waals surface area (Å²) in [5.74, 6) is -0.319. The lowest BCUT2D eigenvalue weighted by Gasteiger charge is -2.12. The van der Waals surface area contributed by atoms with Crippen LogP contribution < -0.4 is 5.32 Å². The molecule has 1 aliphatic heterocycles. The SMILES string of the molecule is Cc1ccc(CN2C(=O)N/C(=C/c3cccn3-c3ccc(I)cc3)C2=O)cc1. The van der Waals surface area contributed by atoms with Crippen molar-refractivity contribution in [1.82, 2.24) is 14.8 Å². The molecule has 0 bridgehead atoms. The molecule has 0 spiro atoms. The van der Waals surface area contributed by atoms with E-state index in [2.05, 4.69) is 27.9 Å². The fourth-order valence-corrected chi connectivity index (χ4v) is 3.45. The fourth-order valence-electron chi connectivity index (χ4n) is 3.09. The van der Waals surface area contributed by atoms with Crippen LogP contribution in [0.15, 0.2) is 72.6 Å². The van der Waals surface area contributed by atoms with Crippen molar-refractivity contribution < 1.29 is 9.59 Å². The normalized spacial score (nSPS) is 15.4. The van der Waals surface area contributed by atoms with Gasteiger partial charge in [0.15, 0.2) is 0 Å². The number of nitrogens with one attached hydrogen (secondary N) is 1. The second-order valence-corrected chi connectivity index (χ2v) is 7.89. The summed E-state index contributed by atoms with van der Waals surface area (Å²) in [5.41, 5.74) is 4.14. The van der Waals surface area contributed by atoms with E-state index in [4.69, 9.17) is 0 Å². The van der Waals surface area contributed by atoms with Crippen LogP contribution in [0.1, 0.15) is 16.8 Å². The number of hydrogen-bond acceptors (Lipinski definition) is 2. The van der Waals surface area contributed by atoms with E-state index >= 15 is 0 Å². The Labute approximate surface area is 176 Å². The maximum atomic E-state index is 12.8. The van der Waals surface area contributed by atoms with Gasteiger partial charge in [0.1, 0.15) is 5.70 Å². The lowest BCUT2D eigenvalue weighted by atomic mass is 10.1. The fraction of sp³-hybridized carbons (Fsp3) is 0.0909. The van der Waals surface area contributed by atoms with Crippen LogP contribution in [0, 0.1) is 10.5 Å². The average Bonchev–Trinajstić information content (AvgIpc) is 3.24.